The van der Waals surface area contributed by atoms with Crippen molar-refractivity contribution in [2.45, 2.75) is 13.3 Å². The molecule has 2 N–H and O–H groups in total. The Labute approximate surface area is 162 Å². The molecule has 7 nitrogen and oxygen atoms in total. The van der Waals surface area contributed by atoms with Crippen molar-refractivity contribution in [1.82, 2.24) is 9.78 Å². The highest BCUT2D eigenvalue weighted by molar-refractivity contribution is 6.00. The van der Waals surface area contributed by atoms with Crippen LogP contribution in [0.1, 0.15) is 28.5 Å². The summed E-state index contributed by atoms with van der Waals surface area (Å²) >= 11 is 0. The van der Waals surface area contributed by atoms with E-state index in [4.69, 9.17) is 4.74 Å². The quantitative estimate of drug-likeness (QED) is 0.530. The second-order valence-corrected chi connectivity index (χ2v) is 6.54. The average molecular weight is 376 g/mol. The highest BCUT2D eigenvalue weighted by Crippen LogP contribution is 2.37. The standard InChI is InChI=1S/C21H20N4O3/c1-3-28-20(26)18-12-19(25(2)24-18)23-21(27)22-15-8-9-17-14(11-15)10-13-6-4-5-7-16(13)17/h4-9,11-12H,3,10H2,1-2H3,(H2,22,23,27). The first-order valence-corrected chi connectivity index (χ1v) is 9.05. The number of amides is 2. The maximum absolute atomic E-state index is 12.4. The molecule has 0 atom stereocenters. The molecule has 1 aromatic heterocycles. The van der Waals surface area contributed by atoms with E-state index >= 15 is 0 Å². The average Bonchev–Trinajstić information content (AvgIpc) is 3.22. The summed E-state index contributed by atoms with van der Waals surface area (Å²) in [5.74, 6) is -0.126. The Hall–Kier alpha value is -3.61. The zero-order valence-corrected chi connectivity index (χ0v) is 15.7. The van der Waals surface area contributed by atoms with Crippen LogP contribution >= 0.6 is 0 Å². The van der Waals surface area contributed by atoms with Crippen molar-refractivity contribution in [3.63, 3.8) is 0 Å². The van der Waals surface area contributed by atoms with Crippen LogP contribution in [0.5, 0.6) is 0 Å². The molecule has 142 valence electrons. The maximum atomic E-state index is 12.4. The number of hydrogen-bond acceptors (Lipinski definition) is 4. The van der Waals surface area contributed by atoms with Gasteiger partial charge in [-0.2, -0.15) is 5.10 Å². The monoisotopic (exact) mass is 376 g/mol. The van der Waals surface area contributed by atoms with Gasteiger partial charge >= 0.3 is 12.0 Å². The molecule has 2 amide bonds. The fourth-order valence-electron chi connectivity index (χ4n) is 3.39. The minimum absolute atomic E-state index is 0.148. The van der Waals surface area contributed by atoms with Crippen molar-refractivity contribution in [2.75, 3.05) is 17.2 Å². The van der Waals surface area contributed by atoms with E-state index in [0.29, 0.717) is 11.5 Å². The summed E-state index contributed by atoms with van der Waals surface area (Å²) in [5.41, 5.74) is 5.78. The van der Waals surface area contributed by atoms with E-state index in [1.807, 2.05) is 30.3 Å². The first kappa shape index (κ1) is 17.8. The number of aryl methyl sites for hydroxylation is 1. The Morgan fingerprint density at radius 1 is 1.07 bits per heavy atom. The molecule has 1 heterocycles. The Bertz CT molecular complexity index is 1070. The Morgan fingerprint density at radius 2 is 1.86 bits per heavy atom. The van der Waals surface area contributed by atoms with E-state index in [2.05, 4.69) is 27.9 Å². The predicted octanol–water partition coefficient (Wildman–Crippen LogP) is 3.81. The van der Waals surface area contributed by atoms with Crippen LogP contribution in [0.4, 0.5) is 16.3 Å². The van der Waals surface area contributed by atoms with Gasteiger partial charge in [-0.05, 0) is 47.7 Å². The molecular formula is C21H20N4O3. The van der Waals surface area contributed by atoms with Gasteiger partial charge in [-0.1, -0.05) is 30.3 Å². The minimum Gasteiger partial charge on any atom is -0.461 e. The number of hydrogen-bond donors (Lipinski definition) is 2. The molecule has 0 unspecified atom stereocenters. The van der Waals surface area contributed by atoms with Crippen LogP contribution in [-0.2, 0) is 18.2 Å². The summed E-state index contributed by atoms with van der Waals surface area (Å²) < 4.78 is 6.34. The third-order valence-electron chi connectivity index (χ3n) is 4.66. The lowest BCUT2D eigenvalue weighted by molar-refractivity contribution is 0.0518. The number of rotatable bonds is 4. The molecule has 2 aromatic carbocycles. The van der Waals surface area contributed by atoms with E-state index in [9.17, 15) is 9.59 Å². The van der Waals surface area contributed by atoms with Crippen molar-refractivity contribution in [3.8, 4) is 11.1 Å². The summed E-state index contributed by atoms with van der Waals surface area (Å²) in [4.78, 5) is 24.1. The number of ether oxygens (including phenoxy) is 1. The summed E-state index contributed by atoms with van der Waals surface area (Å²) in [6, 6.07) is 15.3. The number of nitrogens with one attached hydrogen (secondary N) is 2. The van der Waals surface area contributed by atoms with Gasteiger partial charge in [0, 0.05) is 18.8 Å². The Kier molecular flexibility index (Phi) is 4.57. The van der Waals surface area contributed by atoms with Gasteiger partial charge in [0.15, 0.2) is 5.69 Å². The number of carbonyl (C=O) groups is 2. The summed E-state index contributed by atoms with van der Waals surface area (Å²) in [6.07, 6.45) is 0.854. The molecule has 0 saturated carbocycles. The van der Waals surface area contributed by atoms with E-state index in [1.54, 1.807) is 14.0 Å². The second-order valence-electron chi connectivity index (χ2n) is 6.54. The van der Waals surface area contributed by atoms with E-state index in [0.717, 1.165) is 6.42 Å². The third kappa shape index (κ3) is 3.34. The maximum Gasteiger partial charge on any atom is 0.358 e. The van der Waals surface area contributed by atoms with Crippen LogP contribution in [-0.4, -0.2) is 28.4 Å². The molecule has 0 aliphatic heterocycles. The van der Waals surface area contributed by atoms with Crippen LogP contribution in [0, 0.1) is 0 Å². The molecule has 28 heavy (non-hydrogen) atoms. The number of urea groups is 1. The first-order valence-electron chi connectivity index (χ1n) is 9.05. The van der Waals surface area contributed by atoms with Gasteiger partial charge in [-0.15, -0.1) is 0 Å². The van der Waals surface area contributed by atoms with E-state index < -0.39 is 12.0 Å². The van der Waals surface area contributed by atoms with Crippen molar-refractivity contribution in [1.29, 1.82) is 0 Å². The van der Waals surface area contributed by atoms with Crippen LogP contribution in [0.25, 0.3) is 11.1 Å². The molecule has 4 rings (SSSR count). The molecule has 0 spiro atoms. The normalized spacial score (nSPS) is 11.5. The van der Waals surface area contributed by atoms with Crippen molar-refractivity contribution in [3.05, 3.63) is 65.4 Å². The molecule has 1 aliphatic carbocycles. The zero-order valence-electron chi connectivity index (χ0n) is 15.7. The first-order chi connectivity index (χ1) is 13.5. The van der Waals surface area contributed by atoms with Crippen LogP contribution in [0.2, 0.25) is 0 Å². The Balaban J connectivity index is 1.45. The summed E-state index contributed by atoms with van der Waals surface area (Å²) in [6.45, 7) is 1.99. The zero-order chi connectivity index (χ0) is 19.7. The predicted molar refractivity (Wildman–Crippen MR) is 106 cm³/mol. The Morgan fingerprint density at radius 3 is 2.68 bits per heavy atom. The number of benzene rings is 2. The largest absolute Gasteiger partial charge is 0.461 e. The highest BCUT2D eigenvalue weighted by Gasteiger charge is 2.19. The van der Waals surface area contributed by atoms with Crippen LogP contribution < -0.4 is 10.6 Å². The molecule has 1 aliphatic rings. The number of fused-ring (bicyclic) bond motifs is 3. The lowest BCUT2D eigenvalue weighted by Crippen LogP contribution is -2.21. The molecule has 3 aromatic rings. The highest BCUT2D eigenvalue weighted by atomic mass is 16.5. The van der Waals surface area contributed by atoms with Crippen molar-refractivity contribution < 1.29 is 14.3 Å². The van der Waals surface area contributed by atoms with E-state index in [-0.39, 0.29) is 12.3 Å². The van der Waals surface area contributed by atoms with E-state index in [1.165, 1.54) is 33.0 Å². The molecule has 0 saturated heterocycles. The molecule has 0 bridgehead atoms. The number of anilines is 2. The summed E-state index contributed by atoms with van der Waals surface area (Å²) in [5, 5.41) is 9.59. The molecule has 0 radical (unpaired) electrons. The van der Waals surface area contributed by atoms with Gasteiger partial charge in [0.1, 0.15) is 5.82 Å². The lowest BCUT2D eigenvalue weighted by Gasteiger charge is -2.09. The SMILES string of the molecule is CCOC(=O)c1cc(NC(=O)Nc2ccc3c(c2)Cc2ccccc2-3)n(C)n1. The minimum atomic E-state index is -0.523. The topological polar surface area (TPSA) is 85.2 Å². The van der Waals surface area contributed by atoms with Crippen molar-refractivity contribution in [2.24, 2.45) is 7.05 Å². The molecule has 7 heteroatoms. The molecule has 0 fully saturated rings. The van der Waals surface area contributed by atoms with Crippen molar-refractivity contribution >= 4 is 23.5 Å². The lowest BCUT2D eigenvalue weighted by atomic mass is 10.1. The second kappa shape index (κ2) is 7.19. The van der Waals surface area contributed by atoms with Crippen LogP contribution in [0.15, 0.2) is 48.5 Å². The number of esters is 1. The summed E-state index contributed by atoms with van der Waals surface area (Å²) in [7, 11) is 1.64. The fraction of sp³-hybridized carbons (Fsp3) is 0.190. The number of nitrogens with zero attached hydrogens (tertiary/aromatic N) is 2. The molecular weight excluding hydrogens is 356 g/mol. The van der Waals surface area contributed by atoms with Gasteiger partial charge in [-0.3, -0.25) is 10.00 Å². The third-order valence-corrected chi connectivity index (χ3v) is 4.66. The van der Waals surface area contributed by atoms with Gasteiger partial charge < -0.3 is 10.1 Å². The van der Waals surface area contributed by atoms with Gasteiger partial charge in [-0.25, -0.2) is 9.59 Å². The smallest absolute Gasteiger partial charge is 0.358 e. The van der Waals surface area contributed by atoms with Gasteiger partial charge in [0.25, 0.3) is 0 Å². The number of aromatic nitrogens is 2. The van der Waals surface area contributed by atoms with Gasteiger partial charge in [0.05, 0.1) is 6.61 Å². The van der Waals surface area contributed by atoms with Crippen LogP contribution in [0.3, 0.4) is 0 Å². The fourth-order valence-corrected chi connectivity index (χ4v) is 3.39. The number of carbonyl (C=O) groups excluding carboxylic acids is 2. The van der Waals surface area contributed by atoms with Gasteiger partial charge in [0.2, 0.25) is 0 Å².